The molecule has 0 bridgehead atoms. The summed E-state index contributed by atoms with van der Waals surface area (Å²) in [7, 11) is -3.81. The van der Waals surface area contributed by atoms with Gasteiger partial charge in [-0.05, 0) is 56.3 Å². The Labute approximate surface area is 266 Å². The quantitative estimate of drug-likeness (QED) is 0.154. The number of benzene rings is 1. The minimum Gasteiger partial charge on any atom is -0.401 e. The highest BCUT2D eigenvalue weighted by molar-refractivity contribution is 7.71. The number of amides is 1. The molecular formula is C31H43N5O5SSi2. The fourth-order valence-electron chi connectivity index (χ4n) is 5.83. The Kier molecular flexibility index (Phi) is 9.35. The van der Waals surface area contributed by atoms with Crippen LogP contribution in [0.3, 0.4) is 0 Å². The smallest absolute Gasteiger partial charge is 0.256 e. The first-order chi connectivity index (χ1) is 20.8. The van der Waals surface area contributed by atoms with Crippen LogP contribution in [0.1, 0.15) is 51.2 Å². The van der Waals surface area contributed by atoms with E-state index in [1.807, 2.05) is 32.0 Å². The molecule has 5 rings (SSSR count). The molecular weight excluding hydrogens is 611 g/mol. The van der Waals surface area contributed by atoms with E-state index in [2.05, 4.69) is 72.1 Å². The molecule has 10 nitrogen and oxygen atoms in total. The van der Waals surface area contributed by atoms with Gasteiger partial charge >= 0.3 is 0 Å². The molecule has 1 aromatic carbocycles. The number of H-pyrrole nitrogens is 1. The fraction of sp³-hybridized carbons (Fsp3) is 0.548. The maximum Gasteiger partial charge on any atom is 0.256 e. The topological polar surface area (TPSA) is 113 Å². The molecule has 13 heteroatoms. The number of aromatic amines is 1. The van der Waals surface area contributed by atoms with Crippen molar-refractivity contribution in [1.29, 1.82) is 0 Å². The maximum atomic E-state index is 13.0. The van der Waals surface area contributed by atoms with Gasteiger partial charge in [-0.1, -0.05) is 64.5 Å². The number of fused-ring (bicyclic) bond motifs is 2. The number of carbonyl (C=O) groups excluding carboxylic acids is 1. The highest BCUT2D eigenvalue weighted by atomic mass is 32.1. The summed E-state index contributed by atoms with van der Waals surface area (Å²) < 4.78 is 29.0. The summed E-state index contributed by atoms with van der Waals surface area (Å²) in [6.45, 7) is 17.1. The van der Waals surface area contributed by atoms with E-state index >= 15 is 0 Å². The number of nitrogens with one attached hydrogen (secondary N) is 2. The lowest BCUT2D eigenvalue weighted by molar-refractivity contribution is -0.202. The van der Waals surface area contributed by atoms with Gasteiger partial charge in [-0.3, -0.25) is 9.36 Å². The summed E-state index contributed by atoms with van der Waals surface area (Å²) in [4.78, 5) is 25.1. The number of imidazole rings is 1. The van der Waals surface area contributed by atoms with Crippen molar-refractivity contribution in [1.82, 2.24) is 19.5 Å². The van der Waals surface area contributed by atoms with Crippen molar-refractivity contribution in [3.05, 3.63) is 47.0 Å². The van der Waals surface area contributed by atoms with Crippen LogP contribution in [-0.2, 0) is 18.6 Å². The molecule has 0 spiro atoms. The fourth-order valence-corrected chi connectivity index (χ4v) is 9.43. The van der Waals surface area contributed by atoms with Crippen molar-refractivity contribution in [3.63, 3.8) is 0 Å². The van der Waals surface area contributed by atoms with E-state index in [4.69, 9.17) is 30.9 Å². The van der Waals surface area contributed by atoms with Gasteiger partial charge in [0.15, 0.2) is 36.6 Å². The monoisotopic (exact) mass is 653 g/mol. The molecule has 0 aliphatic carbocycles. The van der Waals surface area contributed by atoms with Crippen LogP contribution in [0.25, 0.3) is 11.2 Å². The van der Waals surface area contributed by atoms with Gasteiger partial charge < -0.3 is 28.9 Å². The van der Waals surface area contributed by atoms with Gasteiger partial charge in [0.05, 0.1) is 0 Å². The Morgan fingerprint density at radius 1 is 1.11 bits per heavy atom. The average Bonchev–Trinajstić information content (AvgIpc) is 3.61. The first-order valence-corrected chi connectivity index (χ1v) is 21.8. The van der Waals surface area contributed by atoms with Crippen LogP contribution in [0, 0.1) is 16.2 Å². The predicted octanol–water partition coefficient (Wildman–Crippen LogP) is 6.43. The highest BCUT2D eigenvalue weighted by Gasteiger charge is 2.59. The lowest BCUT2D eigenvalue weighted by Gasteiger charge is -2.35. The Balaban J connectivity index is 1.55. The van der Waals surface area contributed by atoms with E-state index in [1.165, 1.54) is 6.33 Å². The molecule has 2 aliphatic heterocycles. The molecule has 2 aliphatic rings. The van der Waals surface area contributed by atoms with Gasteiger partial charge in [-0.2, -0.15) is 0 Å². The molecule has 0 saturated carbocycles. The summed E-state index contributed by atoms with van der Waals surface area (Å²) in [5.41, 5.74) is 5.02. The molecule has 2 N–H and O–H groups in total. The number of rotatable bonds is 9. The summed E-state index contributed by atoms with van der Waals surface area (Å²) in [6.07, 6.45) is -1.23. The molecule has 0 unspecified atom stereocenters. The number of anilines is 1. The third-order valence-corrected chi connectivity index (χ3v) is 14.1. The Hall–Kier alpha value is -2.71. The second-order valence-corrected chi connectivity index (χ2v) is 22.8. The van der Waals surface area contributed by atoms with Crippen molar-refractivity contribution >= 4 is 51.5 Å². The summed E-state index contributed by atoms with van der Waals surface area (Å²) in [5, 5.41) is 2.89. The summed E-state index contributed by atoms with van der Waals surface area (Å²) in [5.74, 6) is 2.69. The molecule has 2 saturated heterocycles. The SMILES string of the molecule is CC[Si](CC)(CC)O[C@H](C#C[Si](C)(C)C)[C@H]1O[C@@H](n2c(=S)[nH]c3c(NC(=O)c4ccccc4)ncnc32)[C@@H]2OC(C)(C)O[C@@H]21. The van der Waals surface area contributed by atoms with E-state index in [1.54, 1.807) is 16.7 Å². The van der Waals surface area contributed by atoms with Crippen molar-refractivity contribution in [2.24, 2.45) is 0 Å². The van der Waals surface area contributed by atoms with E-state index < -0.39 is 52.8 Å². The number of ether oxygens (including phenoxy) is 3. The van der Waals surface area contributed by atoms with Crippen LogP contribution in [0.5, 0.6) is 0 Å². The van der Waals surface area contributed by atoms with E-state index in [9.17, 15) is 4.79 Å². The zero-order chi connectivity index (χ0) is 31.9. The van der Waals surface area contributed by atoms with E-state index in [-0.39, 0.29) is 5.91 Å². The Morgan fingerprint density at radius 3 is 2.41 bits per heavy atom. The Morgan fingerprint density at radius 2 is 1.77 bits per heavy atom. The number of nitrogens with zero attached hydrogens (tertiary/aromatic N) is 3. The van der Waals surface area contributed by atoms with Crippen LogP contribution in [-0.4, -0.2) is 72.0 Å². The lowest BCUT2D eigenvalue weighted by atomic mass is 10.1. The zero-order valence-corrected chi connectivity index (χ0v) is 29.6. The number of hydrogen-bond acceptors (Lipinski definition) is 8. The van der Waals surface area contributed by atoms with Crippen LogP contribution in [0.4, 0.5) is 5.82 Å². The molecule has 2 aromatic heterocycles. The number of aromatic nitrogens is 4. The molecule has 2 fully saturated rings. The highest BCUT2D eigenvalue weighted by Crippen LogP contribution is 2.46. The largest absolute Gasteiger partial charge is 0.401 e. The molecule has 5 atom stereocenters. The summed E-state index contributed by atoms with van der Waals surface area (Å²) in [6, 6.07) is 11.9. The third kappa shape index (κ3) is 6.62. The lowest BCUT2D eigenvalue weighted by Crippen LogP contribution is -2.47. The van der Waals surface area contributed by atoms with Crippen molar-refractivity contribution in [2.75, 3.05) is 5.32 Å². The maximum absolute atomic E-state index is 13.0. The van der Waals surface area contributed by atoms with E-state index in [0.29, 0.717) is 27.3 Å². The molecule has 236 valence electrons. The number of hydrogen-bond donors (Lipinski definition) is 2. The first kappa shape index (κ1) is 32.7. The minimum absolute atomic E-state index is 0.291. The second-order valence-electron chi connectivity index (χ2n) is 12.9. The third-order valence-electron chi connectivity index (χ3n) is 8.29. The zero-order valence-electron chi connectivity index (χ0n) is 26.8. The van der Waals surface area contributed by atoms with Crippen molar-refractivity contribution in [3.8, 4) is 11.5 Å². The van der Waals surface area contributed by atoms with Gasteiger partial charge in [0.25, 0.3) is 5.91 Å². The van der Waals surface area contributed by atoms with Crippen LogP contribution >= 0.6 is 12.2 Å². The van der Waals surface area contributed by atoms with Gasteiger partial charge in [0.1, 0.15) is 44.3 Å². The van der Waals surface area contributed by atoms with Gasteiger partial charge in [0, 0.05) is 5.56 Å². The van der Waals surface area contributed by atoms with Gasteiger partial charge in [-0.25, -0.2) is 9.97 Å². The predicted molar refractivity (Wildman–Crippen MR) is 178 cm³/mol. The van der Waals surface area contributed by atoms with Crippen LogP contribution in [0.15, 0.2) is 36.7 Å². The van der Waals surface area contributed by atoms with Gasteiger partial charge in [0.2, 0.25) is 0 Å². The molecule has 4 heterocycles. The van der Waals surface area contributed by atoms with Gasteiger partial charge in [-0.15, -0.1) is 5.54 Å². The molecule has 44 heavy (non-hydrogen) atoms. The van der Waals surface area contributed by atoms with Crippen molar-refractivity contribution in [2.45, 2.75) is 109 Å². The normalized spacial score (nSPS) is 23.6. The average molecular weight is 654 g/mol. The van der Waals surface area contributed by atoms with Crippen LogP contribution < -0.4 is 5.32 Å². The minimum atomic E-state index is -2.08. The second kappa shape index (κ2) is 12.6. The summed E-state index contributed by atoms with van der Waals surface area (Å²) >= 11 is 5.83. The molecule has 3 aromatic rings. The van der Waals surface area contributed by atoms with Crippen molar-refractivity contribution < 1.29 is 23.4 Å². The molecule has 0 radical (unpaired) electrons. The first-order valence-electron chi connectivity index (χ1n) is 15.3. The van der Waals surface area contributed by atoms with E-state index in [0.717, 1.165) is 18.1 Å². The standard InChI is InChI=1S/C31H43N5O5SSi2/c1-9-44(10-2,11-3)41-21(17-18-43(6,7)8)23-24-25(40-31(4,5)39-24)29(38-23)36-27-22(34-30(36)42)26(32-19-33-27)35-28(37)20-15-13-12-14-16-20/h12-16,19,21,23-25,29H,9-11H2,1-8H3,(H,34,42)(H,32,33,35,37)/t21-,23-,24-,25-,29-/m1/s1. The Bertz CT molecular complexity index is 1620. The molecule has 1 amide bonds. The van der Waals surface area contributed by atoms with Crippen LogP contribution in [0.2, 0.25) is 37.8 Å². The number of carbonyl (C=O) groups is 1.